The molecule has 3 rings (SSSR count). The maximum absolute atomic E-state index is 13.2. The van der Waals surface area contributed by atoms with Gasteiger partial charge in [-0.2, -0.15) is 18.2 Å². The van der Waals surface area contributed by atoms with E-state index in [-0.39, 0.29) is 24.4 Å². The third kappa shape index (κ3) is 5.53. The summed E-state index contributed by atoms with van der Waals surface area (Å²) in [6.07, 6.45) is 0.273. The molecule has 1 saturated carbocycles. The molecule has 0 atom stereocenters. The lowest BCUT2D eigenvalue weighted by atomic mass is 10.1. The van der Waals surface area contributed by atoms with Crippen LogP contribution in [-0.2, 0) is 6.18 Å². The van der Waals surface area contributed by atoms with E-state index in [1.807, 2.05) is 0 Å². The summed E-state index contributed by atoms with van der Waals surface area (Å²) in [6.45, 7) is 3.43. The Morgan fingerprint density at radius 1 is 1.24 bits per heavy atom. The molecule has 29 heavy (non-hydrogen) atoms. The molecule has 8 nitrogen and oxygen atoms in total. The Bertz CT molecular complexity index is 892. The maximum Gasteiger partial charge on any atom is 0.421 e. The van der Waals surface area contributed by atoms with Gasteiger partial charge in [-0.15, -0.1) is 0 Å². The molecule has 2 heterocycles. The van der Waals surface area contributed by atoms with Crippen molar-refractivity contribution in [3.63, 3.8) is 0 Å². The molecule has 156 valence electrons. The number of halogens is 3. The van der Waals surface area contributed by atoms with Gasteiger partial charge >= 0.3 is 6.18 Å². The molecule has 1 aliphatic carbocycles. The first-order valence-electron chi connectivity index (χ1n) is 9.00. The van der Waals surface area contributed by atoms with Gasteiger partial charge in [0.1, 0.15) is 17.2 Å². The highest BCUT2D eigenvalue weighted by molar-refractivity contribution is 5.92. The SMILES string of the molecule is CC(C)(O)CNc1nccc(Nc2ncc(C(F)(F)F)c(NC3CC3)n2)c1C=N. The van der Waals surface area contributed by atoms with Crippen molar-refractivity contribution < 1.29 is 18.3 Å². The van der Waals surface area contributed by atoms with Gasteiger partial charge in [-0.25, -0.2) is 9.97 Å². The summed E-state index contributed by atoms with van der Waals surface area (Å²) in [5.41, 5.74) is -1.17. The molecule has 5 N–H and O–H groups in total. The highest BCUT2D eigenvalue weighted by Gasteiger charge is 2.37. The topological polar surface area (TPSA) is 119 Å². The number of rotatable bonds is 8. The van der Waals surface area contributed by atoms with E-state index in [1.165, 1.54) is 6.20 Å². The van der Waals surface area contributed by atoms with Gasteiger partial charge in [-0.3, -0.25) is 0 Å². The summed E-state index contributed by atoms with van der Waals surface area (Å²) < 4.78 is 39.7. The zero-order valence-electron chi connectivity index (χ0n) is 15.9. The van der Waals surface area contributed by atoms with E-state index in [0.717, 1.165) is 25.3 Å². The van der Waals surface area contributed by atoms with Crippen molar-refractivity contribution in [3.8, 4) is 0 Å². The second-order valence-electron chi connectivity index (χ2n) is 7.43. The first-order chi connectivity index (χ1) is 13.6. The fraction of sp³-hybridized carbons (Fsp3) is 0.444. The number of anilines is 4. The Balaban J connectivity index is 1.88. The summed E-state index contributed by atoms with van der Waals surface area (Å²) in [4.78, 5) is 11.9. The number of aliphatic hydroxyl groups is 1. The van der Waals surface area contributed by atoms with Crippen molar-refractivity contribution in [2.75, 3.05) is 22.5 Å². The normalized spacial score (nSPS) is 14.4. The Labute approximate surface area is 165 Å². The predicted octanol–water partition coefficient (Wildman–Crippen LogP) is 3.39. The van der Waals surface area contributed by atoms with E-state index in [9.17, 15) is 18.3 Å². The standard InChI is InChI=1S/C18H22F3N7O/c1-17(2,29)9-25-14-11(7-22)13(5-6-23-14)27-16-24-8-12(18(19,20)21)15(28-16)26-10-3-4-10/h5-8,10,22,29H,3-4,9H2,1-2H3,(H3,23,24,25,26,27,28). The average Bonchev–Trinajstić information content (AvgIpc) is 3.42. The van der Waals surface area contributed by atoms with Crippen molar-refractivity contribution in [1.82, 2.24) is 15.0 Å². The summed E-state index contributed by atoms with van der Waals surface area (Å²) in [5.74, 6) is 0.0302. The molecule has 2 aromatic rings. The number of alkyl halides is 3. The van der Waals surface area contributed by atoms with Crippen LogP contribution in [0.1, 0.15) is 37.8 Å². The minimum atomic E-state index is -4.57. The van der Waals surface area contributed by atoms with Crippen LogP contribution < -0.4 is 16.0 Å². The molecule has 0 saturated heterocycles. The summed E-state index contributed by atoms with van der Waals surface area (Å²) >= 11 is 0. The summed E-state index contributed by atoms with van der Waals surface area (Å²) in [6, 6.07) is 1.54. The number of nitrogens with one attached hydrogen (secondary N) is 4. The van der Waals surface area contributed by atoms with E-state index in [2.05, 4.69) is 30.9 Å². The lowest BCUT2D eigenvalue weighted by molar-refractivity contribution is -0.137. The van der Waals surface area contributed by atoms with Crippen LogP contribution in [0.25, 0.3) is 0 Å². The molecule has 0 unspecified atom stereocenters. The monoisotopic (exact) mass is 409 g/mol. The summed E-state index contributed by atoms with van der Waals surface area (Å²) in [5, 5.41) is 26.1. The van der Waals surface area contributed by atoms with Gasteiger partial charge in [0, 0.05) is 31.2 Å². The second kappa shape index (κ2) is 7.82. The van der Waals surface area contributed by atoms with Gasteiger partial charge in [-0.05, 0) is 32.8 Å². The Hall–Kier alpha value is -2.95. The highest BCUT2D eigenvalue weighted by Crippen LogP contribution is 2.36. The minimum Gasteiger partial charge on any atom is -0.389 e. The Kier molecular flexibility index (Phi) is 5.60. The molecule has 2 aromatic heterocycles. The number of hydrogen-bond donors (Lipinski definition) is 5. The molecule has 1 aliphatic rings. The van der Waals surface area contributed by atoms with Crippen molar-refractivity contribution in [3.05, 3.63) is 29.6 Å². The Morgan fingerprint density at radius 3 is 2.55 bits per heavy atom. The fourth-order valence-electron chi connectivity index (χ4n) is 2.47. The van der Waals surface area contributed by atoms with Crippen LogP contribution in [0, 0.1) is 5.41 Å². The number of pyridine rings is 1. The van der Waals surface area contributed by atoms with Gasteiger partial charge < -0.3 is 26.5 Å². The minimum absolute atomic E-state index is 0.0189. The van der Waals surface area contributed by atoms with Crippen LogP contribution in [0.4, 0.5) is 36.4 Å². The lowest BCUT2D eigenvalue weighted by Crippen LogP contribution is -2.30. The number of nitrogens with zero attached hydrogens (tertiary/aromatic N) is 3. The lowest BCUT2D eigenvalue weighted by Gasteiger charge is -2.20. The van der Waals surface area contributed by atoms with Crippen LogP contribution in [0.15, 0.2) is 18.5 Å². The molecular weight excluding hydrogens is 387 g/mol. The van der Waals surface area contributed by atoms with E-state index in [1.54, 1.807) is 19.9 Å². The first kappa shape index (κ1) is 20.8. The Morgan fingerprint density at radius 2 is 1.97 bits per heavy atom. The zero-order chi connectivity index (χ0) is 21.2. The molecule has 0 bridgehead atoms. The van der Waals surface area contributed by atoms with Gasteiger partial charge in [-0.1, -0.05) is 0 Å². The molecule has 1 fully saturated rings. The molecule has 0 amide bonds. The molecule has 0 radical (unpaired) electrons. The van der Waals surface area contributed by atoms with Crippen molar-refractivity contribution in [1.29, 1.82) is 5.41 Å². The first-order valence-corrected chi connectivity index (χ1v) is 9.00. The molecule has 11 heteroatoms. The van der Waals surface area contributed by atoms with Crippen molar-refractivity contribution in [2.45, 2.75) is 44.5 Å². The third-order valence-electron chi connectivity index (χ3n) is 4.08. The fourth-order valence-corrected chi connectivity index (χ4v) is 2.47. The average molecular weight is 409 g/mol. The molecule has 0 aromatic carbocycles. The smallest absolute Gasteiger partial charge is 0.389 e. The number of hydrogen-bond acceptors (Lipinski definition) is 8. The van der Waals surface area contributed by atoms with E-state index < -0.39 is 17.3 Å². The molecule has 0 aliphatic heterocycles. The number of aromatic nitrogens is 3. The maximum atomic E-state index is 13.2. The van der Waals surface area contributed by atoms with Crippen LogP contribution in [0.2, 0.25) is 0 Å². The van der Waals surface area contributed by atoms with E-state index in [4.69, 9.17) is 5.41 Å². The van der Waals surface area contributed by atoms with Crippen molar-refractivity contribution in [2.24, 2.45) is 0 Å². The van der Waals surface area contributed by atoms with Crippen LogP contribution in [-0.4, -0.2) is 44.5 Å². The highest BCUT2D eigenvalue weighted by atomic mass is 19.4. The van der Waals surface area contributed by atoms with Crippen LogP contribution >= 0.6 is 0 Å². The third-order valence-corrected chi connectivity index (χ3v) is 4.08. The van der Waals surface area contributed by atoms with Crippen LogP contribution in [0.5, 0.6) is 0 Å². The van der Waals surface area contributed by atoms with E-state index in [0.29, 0.717) is 17.1 Å². The molecular formula is C18H22F3N7O. The van der Waals surface area contributed by atoms with Gasteiger partial charge in [0.05, 0.1) is 16.9 Å². The van der Waals surface area contributed by atoms with Gasteiger partial charge in [0.15, 0.2) is 0 Å². The van der Waals surface area contributed by atoms with Gasteiger partial charge in [0.2, 0.25) is 5.95 Å². The van der Waals surface area contributed by atoms with Crippen LogP contribution in [0.3, 0.4) is 0 Å². The van der Waals surface area contributed by atoms with Crippen molar-refractivity contribution >= 4 is 29.5 Å². The predicted molar refractivity (Wildman–Crippen MR) is 104 cm³/mol. The summed E-state index contributed by atoms with van der Waals surface area (Å²) in [7, 11) is 0. The molecule has 0 spiro atoms. The largest absolute Gasteiger partial charge is 0.421 e. The zero-order valence-corrected chi connectivity index (χ0v) is 15.9. The van der Waals surface area contributed by atoms with E-state index >= 15 is 0 Å². The quantitative estimate of drug-likeness (QED) is 0.424. The van der Waals surface area contributed by atoms with Gasteiger partial charge in [0.25, 0.3) is 0 Å². The second-order valence-corrected chi connectivity index (χ2v) is 7.43.